The van der Waals surface area contributed by atoms with Crippen LogP contribution >= 0.6 is 0 Å². The van der Waals surface area contributed by atoms with Crippen molar-refractivity contribution in [3.63, 3.8) is 0 Å². The Kier molecular flexibility index (Phi) is 5.79. The number of nitrogens with two attached hydrogens (primary N) is 1. The summed E-state index contributed by atoms with van der Waals surface area (Å²) in [5.74, 6) is -1.29. The molecular weight excluding hydrogens is 280 g/mol. The fourth-order valence-corrected chi connectivity index (χ4v) is 1.74. The lowest BCUT2D eigenvalue weighted by atomic mass is 10.0. The predicted octanol–water partition coefficient (Wildman–Crippen LogP) is 0.814. The average molecular weight is 296 g/mol. The van der Waals surface area contributed by atoms with Crippen LogP contribution in [0.5, 0.6) is 0 Å². The number of ether oxygens (including phenoxy) is 2. The van der Waals surface area contributed by atoms with Gasteiger partial charge in [0.25, 0.3) is 5.69 Å². The summed E-state index contributed by atoms with van der Waals surface area (Å²) in [6.07, 6.45) is -0.111. The molecule has 0 aliphatic carbocycles. The van der Waals surface area contributed by atoms with Gasteiger partial charge >= 0.3 is 11.9 Å². The summed E-state index contributed by atoms with van der Waals surface area (Å²) in [4.78, 5) is 33.3. The maximum atomic E-state index is 11.5. The van der Waals surface area contributed by atoms with Crippen molar-refractivity contribution in [1.82, 2.24) is 0 Å². The number of methoxy groups -OCH3 is 1. The summed E-state index contributed by atoms with van der Waals surface area (Å²) >= 11 is 0. The fraction of sp³-hybridized carbons (Fsp3) is 0.385. The van der Waals surface area contributed by atoms with Crippen molar-refractivity contribution in [2.24, 2.45) is 5.73 Å². The summed E-state index contributed by atoms with van der Waals surface area (Å²) in [6, 6.07) is 2.71. The van der Waals surface area contributed by atoms with Crippen LogP contribution in [-0.4, -0.2) is 36.6 Å². The number of hydrogen-bond acceptors (Lipinski definition) is 7. The minimum atomic E-state index is -1.04. The van der Waals surface area contributed by atoms with Gasteiger partial charge in [0.1, 0.15) is 6.04 Å². The molecule has 114 valence electrons. The first-order valence-electron chi connectivity index (χ1n) is 6.18. The van der Waals surface area contributed by atoms with E-state index >= 15 is 0 Å². The van der Waals surface area contributed by atoms with E-state index in [1.165, 1.54) is 25.3 Å². The maximum Gasteiger partial charge on any atom is 0.337 e. The van der Waals surface area contributed by atoms with Crippen LogP contribution < -0.4 is 5.73 Å². The Morgan fingerprint density at radius 3 is 2.62 bits per heavy atom. The number of rotatable bonds is 6. The molecule has 0 spiro atoms. The van der Waals surface area contributed by atoms with Crippen LogP contribution in [-0.2, 0) is 20.7 Å². The molecule has 0 fully saturated rings. The van der Waals surface area contributed by atoms with Gasteiger partial charge in [-0.15, -0.1) is 0 Å². The lowest BCUT2D eigenvalue weighted by Gasteiger charge is -2.11. The zero-order chi connectivity index (χ0) is 16.0. The number of carbonyl (C=O) groups excluding carboxylic acids is 2. The molecule has 1 atom stereocenters. The van der Waals surface area contributed by atoms with Crippen molar-refractivity contribution in [3.8, 4) is 0 Å². The van der Waals surface area contributed by atoms with Gasteiger partial charge in [0.05, 0.1) is 24.2 Å². The highest BCUT2D eigenvalue weighted by Gasteiger charge is 2.22. The second-order valence-corrected chi connectivity index (χ2v) is 4.15. The molecule has 0 radical (unpaired) electrons. The van der Waals surface area contributed by atoms with Gasteiger partial charge in [-0.25, -0.2) is 4.79 Å². The number of nitro benzene ring substituents is 1. The number of esters is 2. The first-order chi connectivity index (χ1) is 9.90. The minimum absolute atomic E-state index is 0.111. The smallest absolute Gasteiger partial charge is 0.337 e. The van der Waals surface area contributed by atoms with E-state index in [4.69, 9.17) is 10.5 Å². The molecule has 8 nitrogen and oxygen atoms in total. The average Bonchev–Trinajstić information content (AvgIpc) is 2.46. The first-order valence-corrected chi connectivity index (χ1v) is 6.18. The summed E-state index contributed by atoms with van der Waals surface area (Å²) in [5.41, 5.74) is 5.75. The zero-order valence-electron chi connectivity index (χ0n) is 11.7. The quantitative estimate of drug-likeness (QED) is 0.468. The molecule has 1 unspecified atom stereocenters. The van der Waals surface area contributed by atoms with Crippen molar-refractivity contribution >= 4 is 17.6 Å². The SMILES string of the molecule is CCOC(=O)C(N)Cc1cc(C(=O)OC)ccc1[N+](=O)[O-]. The molecule has 21 heavy (non-hydrogen) atoms. The van der Waals surface area contributed by atoms with E-state index in [1.54, 1.807) is 6.92 Å². The number of benzene rings is 1. The second-order valence-electron chi connectivity index (χ2n) is 4.15. The second kappa shape index (κ2) is 7.34. The zero-order valence-corrected chi connectivity index (χ0v) is 11.7. The molecule has 1 rings (SSSR count). The van der Waals surface area contributed by atoms with Crippen molar-refractivity contribution in [2.45, 2.75) is 19.4 Å². The van der Waals surface area contributed by atoms with Crippen molar-refractivity contribution in [3.05, 3.63) is 39.4 Å². The highest BCUT2D eigenvalue weighted by molar-refractivity contribution is 5.90. The molecule has 8 heteroatoms. The number of nitrogens with zero attached hydrogens (tertiary/aromatic N) is 1. The van der Waals surface area contributed by atoms with Gasteiger partial charge in [-0.1, -0.05) is 0 Å². The van der Waals surface area contributed by atoms with E-state index in [0.29, 0.717) is 0 Å². The Balaban J connectivity index is 3.09. The molecular formula is C13H16N2O6. The Hall–Kier alpha value is -2.48. The molecule has 0 heterocycles. The van der Waals surface area contributed by atoms with Crippen LogP contribution in [0.15, 0.2) is 18.2 Å². The Morgan fingerprint density at radius 2 is 2.10 bits per heavy atom. The Morgan fingerprint density at radius 1 is 1.43 bits per heavy atom. The number of carbonyl (C=O) groups is 2. The van der Waals surface area contributed by atoms with Gasteiger partial charge in [-0.2, -0.15) is 0 Å². The number of hydrogen-bond donors (Lipinski definition) is 1. The largest absolute Gasteiger partial charge is 0.465 e. The van der Waals surface area contributed by atoms with Gasteiger partial charge in [0, 0.05) is 18.1 Å². The highest BCUT2D eigenvalue weighted by atomic mass is 16.6. The molecule has 2 N–H and O–H groups in total. The van der Waals surface area contributed by atoms with E-state index in [-0.39, 0.29) is 29.8 Å². The standard InChI is InChI=1S/C13H16N2O6/c1-3-21-13(17)10(14)7-9-6-8(12(16)20-2)4-5-11(9)15(18)19/h4-6,10H,3,7,14H2,1-2H3. The molecule has 0 amide bonds. The molecule has 1 aromatic carbocycles. The summed E-state index contributed by atoms with van der Waals surface area (Å²) in [7, 11) is 1.20. The molecule has 0 bridgehead atoms. The lowest BCUT2D eigenvalue weighted by molar-refractivity contribution is -0.385. The monoisotopic (exact) mass is 296 g/mol. The van der Waals surface area contributed by atoms with Crippen molar-refractivity contribution in [1.29, 1.82) is 0 Å². The van der Waals surface area contributed by atoms with Crippen molar-refractivity contribution < 1.29 is 24.0 Å². The van der Waals surface area contributed by atoms with Crippen LogP contribution in [0, 0.1) is 10.1 Å². The number of nitro groups is 1. The van der Waals surface area contributed by atoms with Gasteiger partial charge in [-0.3, -0.25) is 14.9 Å². The summed E-state index contributed by atoms with van der Waals surface area (Å²) in [6.45, 7) is 1.79. The van der Waals surface area contributed by atoms with Crippen LogP contribution in [0.1, 0.15) is 22.8 Å². The fourth-order valence-electron chi connectivity index (χ4n) is 1.74. The van der Waals surface area contributed by atoms with Gasteiger partial charge < -0.3 is 15.2 Å². The normalized spacial score (nSPS) is 11.6. The van der Waals surface area contributed by atoms with E-state index in [1.807, 2.05) is 0 Å². The maximum absolute atomic E-state index is 11.5. The van der Waals surface area contributed by atoms with Crippen LogP contribution in [0.2, 0.25) is 0 Å². The highest BCUT2D eigenvalue weighted by Crippen LogP contribution is 2.22. The molecule has 0 aliphatic heterocycles. The molecule has 0 saturated heterocycles. The third-order valence-electron chi connectivity index (χ3n) is 2.73. The van der Waals surface area contributed by atoms with Crippen molar-refractivity contribution in [2.75, 3.05) is 13.7 Å². The van der Waals surface area contributed by atoms with Crippen LogP contribution in [0.3, 0.4) is 0 Å². The van der Waals surface area contributed by atoms with Gasteiger partial charge in [0.2, 0.25) is 0 Å². The molecule has 0 aliphatic rings. The third kappa shape index (κ3) is 4.25. The molecule has 0 saturated carbocycles. The van der Waals surface area contributed by atoms with E-state index in [9.17, 15) is 19.7 Å². The molecule has 1 aromatic rings. The Labute approximate surface area is 121 Å². The van der Waals surface area contributed by atoms with E-state index < -0.39 is 22.9 Å². The first kappa shape index (κ1) is 16.6. The van der Waals surface area contributed by atoms with Gasteiger partial charge in [-0.05, 0) is 19.1 Å². The molecule has 0 aromatic heterocycles. The summed E-state index contributed by atoms with van der Waals surface area (Å²) in [5, 5.41) is 11.0. The summed E-state index contributed by atoms with van der Waals surface area (Å²) < 4.78 is 9.30. The van der Waals surface area contributed by atoms with Crippen LogP contribution in [0.4, 0.5) is 5.69 Å². The van der Waals surface area contributed by atoms with Gasteiger partial charge in [0.15, 0.2) is 0 Å². The minimum Gasteiger partial charge on any atom is -0.465 e. The Bertz CT molecular complexity index is 558. The van der Waals surface area contributed by atoms with Crippen LogP contribution in [0.25, 0.3) is 0 Å². The van der Waals surface area contributed by atoms with E-state index in [0.717, 1.165) is 0 Å². The van der Waals surface area contributed by atoms with E-state index in [2.05, 4.69) is 4.74 Å². The lowest BCUT2D eigenvalue weighted by Crippen LogP contribution is -2.34. The topological polar surface area (TPSA) is 122 Å². The predicted molar refractivity (Wildman–Crippen MR) is 72.7 cm³/mol. The third-order valence-corrected chi connectivity index (χ3v) is 2.73.